The van der Waals surface area contributed by atoms with Gasteiger partial charge in [-0.15, -0.1) is 0 Å². The summed E-state index contributed by atoms with van der Waals surface area (Å²) in [4.78, 5) is 15.9. The van der Waals surface area contributed by atoms with E-state index in [-0.39, 0.29) is 12.0 Å². The van der Waals surface area contributed by atoms with Crippen molar-refractivity contribution in [3.8, 4) is 0 Å². The highest BCUT2D eigenvalue weighted by molar-refractivity contribution is 6.29. The average molecular weight is 303 g/mol. The molecule has 0 radical (unpaired) electrons. The monoisotopic (exact) mass is 302 g/mol. The van der Waals surface area contributed by atoms with Crippen molar-refractivity contribution in [1.29, 1.82) is 0 Å². The van der Waals surface area contributed by atoms with E-state index in [0.29, 0.717) is 11.0 Å². The average Bonchev–Trinajstić information content (AvgIpc) is 2.87. The first-order valence-electron chi connectivity index (χ1n) is 6.67. The van der Waals surface area contributed by atoms with Crippen molar-refractivity contribution in [2.45, 2.75) is 19.4 Å². The highest BCUT2D eigenvalue weighted by Crippen LogP contribution is 2.23. The van der Waals surface area contributed by atoms with Crippen LogP contribution in [-0.4, -0.2) is 19.9 Å². The van der Waals surface area contributed by atoms with Crippen LogP contribution in [0.1, 0.15) is 25.2 Å². The number of rotatable bonds is 4. The summed E-state index contributed by atoms with van der Waals surface area (Å²) >= 11 is 5.89. The van der Waals surface area contributed by atoms with E-state index in [1.54, 1.807) is 6.07 Å². The van der Waals surface area contributed by atoms with E-state index in [1.165, 1.54) is 0 Å². The Morgan fingerprint density at radius 1 is 1.29 bits per heavy atom. The van der Waals surface area contributed by atoms with Gasteiger partial charge in [0.2, 0.25) is 5.95 Å². The van der Waals surface area contributed by atoms with Crippen LogP contribution in [-0.2, 0) is 0 Å². The van der Waals surface area contributed by atoms with Crippen molar-refractivity contribution < 1.29 is 0 Å². The molecular formula is C14H15ClN6. The number of para-hydroxylation sites is 2. The van der Waals surface area contributed by atoms with E-state index in [0.717, 1.165) is 23.3 Å². The maximum atomic E-state index is 5.89. The lowest BCUT2D eigenvalue weighted by Crippen LogP contribution is -2.13. The molecule has 0 saturated carbocycles. The van der Waals surface area contributed by atoms with Crippen LogP contribution in [0.3, 0.4) is 0 Å². The predicted molar refractivity (Wildman–Crippen MR) is 84.2 cm³/mol. The van der Waals surface area contributed by atoms with Gasteiger partial charge >= 0.3 is 0 Å². The van der Waals surface area contributed by atoms with Gasteiger partial charge in [0.15, 0.2) is 0 Å². The van der Waals surface area contributed by atoms with E-state index in [2.05, 4.69) is 32.2 Å². The number of H-pyrrole nitrogens is 1. The minimum Gasteiger partial charge on any atom is -0.368 e. The molecule has 21 heavy (non-hydrogen) atoms. The molecule has 0 amide bonds. The Labute approximate surface area is 126 Å². The number of imidazole rings is 1. The van der Waals surface area contributed by atoms with Crippen molar-refractivity contribution >= 4 is 34.4 Å². The van der Waals surface area contributed by atoms with Gasteiger partial charge in [-0.1, -0.05) is 30.7 Å². The van der Waals surface area contributed by atoms with Crippen LogP contribution in [0, 0.1) is 0 Å². The van der Waals surface area contributed by atoms with E-state index in [1.807, 2.05) is 24.3 Å². The molecule has 2 aromatic heterocycles. The summed E-state index contributed by atoms with van der Waals surface area (Å²) in [6.07, 6.45) is 0.835. The Bertz CT molecular complexity index is 716. The molecule has 0 aliphatic heterocycles. The van der Waals surface area contributed by atoms with Crippen LogP contribution < -0.4 is 11.1 Å². The summed E-state index contributed by atoms with van der Waals surface area (Å²) in [5.41, 5.74) is 7.55. The van der Waals surface area contributed by atoms with E-state index in [4.69, 9.17) is 17.3 Å². The predicted octanol–water partition coefficient (Wildman–Crippen LogP) is 3.15. The molecule has 1 atom stereocenters. The number of nitrogens with two attached hydrogens (primary N) is 1. The molecule has 3 aromatic rings. The molecule has 4 N–H and O–H groups in total. The van der Waals surface area contributed by atoms with Gasteiger partial charge in [-0.05, 0) is 18.6 Å². The number of nitrogens with one attached hydrogen (secondary N) is 2. The molecule has 2 heterocycles. The molecule has 7 heteroatoms. The number of aromatic nitrogens is 4. The van der Waals surface area contributed by atoms with Crippen molar-refractivity contribution in [3.63, 3.8) is 0 Å². The summed E-state index contributed by atoms with van der Waals surface area (Å²) < 4.78 is 0. The Hall–Kier alpha value is -2.34. The number of nitrogen functional groups attached to an aromatic ring is 1. The lowest BCUT2D eigenvalue weighted by Gasteiger charge is -2.15. The fraction of sp³-hybridized carbons (Fsp3) is 0.214. The Balaban J connectivity index is 1.90. The van der Waals surface area contributed by atoms with Crippen molar-refractivity contribution in [2.24, 2.45) is 0 Å². The molecule has 6 nitrogen and oxygen atoms in total. The quantitative estimate of drug-likeness (QED) is 0.644. The molecule has 3 rings (SSSR count). The standard InChI is InChI=1S/C14H15ClN6/c1-2-8(17-12-7-11(15)20-14(16)21-12)13-18-9-5-3-4-6-10(9)19-13/h3-8H,2H2,1H3,(H,18,19)(H3,16,17,20,21). The minimum absolute atomic E-state index is 0.0113. The highest BCUT2D eigenvalue weighted by atomic mass is 35.5. The van der Waals surface area contributed by atoms with Crippen LogP contribution in [0.2, 0.25) is 5.15 Å². The van der Waals surface area contributed by atoms with Crippen LogP contribution in [0.15, 0.2) is 30.3 Å². The molecule has 0 aliphatic rings. The number of fused-ring (bicyclic) bond motifs is 1. The van der Waals surface area contributed by atoms with Gasteiger partial charge in [0.25, 0.3) is 0 Å². The van der Waals surface area contributed by atoms with Gasteiger partial charge < -0.3 is 16.0 Å². The first-order valence-corrected chi connectivity index (χ1v) is 7.04. The van der Waals surface area contributed by atoms with Crippen LogP contribution >= 0.6 is 11.6 Å². The topological polar surface area (TPSA) is 92.5 Å². The zero-order chi connectivity index (χ0) is 14.8. The number of hydrogen-bond donors (Lipinski definition) is 3. The summed E-state index contributed by atoms with van der Waals surface area (Å²) in [5.74, 6) is 1.58. The van der Waals surface area contributed by atoms with Gasteiger partial charge in [0.05, 0.1) is 17.1 Å². The first-order chi connectivity index (χ1) is 10.2. The number of benzene rings is 1. The van der Waals surface area contributed by atoms with Gasteiger partial charge in [0, 0.05) is 6.07 Å². The maximum absolute atomic E-state index is 5.89. The summed E-state index contributed by atoms with van der Waals surface area (Å²) in [6.45, 7) is 2.07. The highest BCUT2D eigenvalue weighted by Gasteiger charge is 2.15. The fourth-order valence-electron chi connectivity index (χ4n) is 2.19. The third-order valence-electron chi connectivity index (χ3n) is 3.18. The molecule has 0 fully saturated rings. The number of anilines is 2. The SMILES string of the molecule is CCC(Nc1cc(Cl)nc(N)n1)c1nc2ccccc2[nH]1. The Kier molecular flexibility index (Phi) is 3.62. The van der Waals surface area contributed by atoms with Crippen LogP contribution in [0.25, 0.3) is 11.0 Å². The normalized spacial score (nSPS) is 12.5. The van der Waals surface area contributed by atoms with Crippen molar-refractivity contribution in [2.75, 3.05) is 11.1 Å². The molecule has 0 aliphatic carbocycles. The summed E-state index contributed by atoms with van der Waals surface area (Å²) in [7, 11) is 0. The van der Waals surface area contributed by atoms with Crippen LogP contribution in [0.4, 0.5) is 11.8 Å². The van der Waals surface area contributed by atoms with Crippen molar-refractivity contribution in [1.82, 2.24) is 19.9 Å². The van der Waals surface area contributed by atoms with Gasteiger partial charge in [0.1, 0.15) is 16.8 Å². The third-order valence-corrected chi connectivity index (χ3v) is 3.37. The Morgan fingerprint density at radius 2 is 2.10 bits per heavy atom. The third kappa shape index (κ3) is 2.90. The van der Waals surface area contributed by atoms with Gasteiger partial charge in [-0.25, -0.2) is 9.97 Å². The lowest BCUT2D eigenvalue weighted by molar-refractivity contribution is 0.703. The van der Waals surface area contributed by atoms with Gasteiger partial charge in [-0.3, -0.25) is 0 Å². The molecule has 0 spiro atoms. The summed E-state index contributed by atoms with van der Waals surface area (Å²) in [6, 6.07) is 9.54. The number of nitrogens with zero attached hydrogens (tertiary/aromatic N) is 3. The molecule has 0 saturated heterocycles. The number of hydrogen-bond acceptors (Lipinski definition) is 5. The van der Waals surface area contributed by atoms with Crippen molar-refractivity contribution in [3.05, 3.63) is 41.3 Å². The summed E-state index contributed by atoms with van der Waals surface area (Å²) in [5, 5.41) is 3.59. The second kappa shape index (κ2) is 5.57. The van der Waals surface area contributed by atoms with Crippen LogP contribution in [0.5, 0.6) is 0 Å². The molecule has 1 unspecified atom stereocenters. The molecule has 108 valence electrons. The molecule has 0 bridgehead atoms. The number of aromatic amines is 1. The molecule has 1 aromatic carbocycles. The van der Waals surface area contributed by atoms with E-state index in [9.17, 15) is 0 Å². The second-order valence-corrected chi connectivity index (χ2v) is 5.07. The first kappa shape index (κ1) is 13.6. The largest absolute Gasteiger partial charge is 0.368 e. The zero-order valence-corrected chi connectivity index (χ0v) is 12.2. The lowest BCUT2D eigenvalue weighted by atomic mass is 10.2. The smallest absolute Gasteiger partial charge is 0.223 e. The molecular weight excluding hydrogens is 288 g/mol. The minimum atomic E-state index is -0.0113. The second-order valence-electron chi connectivity index (χ2n) is 4.68. The van der Waals surface area contributed by atoms with E-state index >= 15 is 0 Å². The number of halogens is 1. The zero-order valence-electron chi connectivity index (χ0n) is 11.5. The van der Waals surface area contributed by atoms with E-state index < -0.39 is 0 Å². The Morgan fingerprint density at radius 3 is 2.81 bits per heavy atom. The maximum Gasteiger partial charge on any atom is 0.223 e. The van der Waals surface area contributed by atoms with Gasteiger partial charge in [-0.2, -0.15) is 4.98 Å². The fourth-order valence-corrected chi connectivity index (χ4v) is 2.38.